The van der Waals surface area contributed by atoms with Crippen LogP contribution >= 0.6 is 27.5 Å². The van der Waals surface area contributed by atoms with Gasteiger partial charge in [0.25, 0.3) is 10.0 Å². The molecule has 0 aliphatic rings. The van der Waals surface area contributed by atoms with E-state index in [2.05, 4.69) is 25.6 Å². The minimum Gasteiger partial charge on any atom is -0.478 e. The highest BCUT2D eigenvalue weighted by molar-refractivity contribution is 9.10. The fourth-order valence-electron chi connectivity index (χ4n) is 1.44. The van der Waals surface area contributed by atoms with E-state index in [0.29, 0.717) is 9.50 Å². The summed E-state index contributed by atoms with van der Waals surface area (Å²) in [6.45, 7) is 0. The van der Waals surface area contributed by atoms with E-state index >= 15 is 0 Å². The molecule has 21 heavy (non-hydrogen) atoms. The topological polar surface area (TPSA) is 96.4 Å². The molecule has 110 valence electrons. The number of nitrogens with zero attached hydrogens (tertiary/aromatic N) is 1. The molecule has 2 N–H and O–H groups in total. The van der Waals surface area contributed by atoms with Gasteiger partial charge in [-0.3, -0.25) is 4.72 Å². The summed E-state index contributed by atoms with van der Waals surface area (Å²) in [5.41, 5.74) is 0.157. The zero-order valence-corrected chi connectivity index (χ0v) is 13.4. The minimum absolute atomic E-state index is 0.0992. The van der Waals surface area contributed by atoms with Crippen LogP contribution in [0.3, 0.4) is 0 Å². The molecule has 0 bridgehead atoms. The van der Waals surface area contributed by atoms with Crippen LogP contribution in [0.15, 0.2) is 46.0 Å². The number of rotatable bonds is 4. The van der Waals surface area contributed by atoms with Gasteiger partial charge in [0.05, 0.1) is 11.3 Å². The van der Waals surface area contributed by atoms with Crippen LogP contribution in [0.4, 0.5) is 5.69 Å². The number of pyridine rings is 1. The highest BCUT2D eigenvalue weighted by Gasteiger charge is 2.18. The van der Waals surface area contributed by atoms with Crippen LogP contribution in [0, 0.1) is 0 Å². The van der Waals surface area contributed by atoms with Gasteiger partial charge < -0.3 is 5.11 Å². The van der Waals surface area contributed by atoms with Crippen LogP contribution in [0.5, 0.6) is 0 Å². The molecule has 0 spiro atoms. The third-order valence-corrected chi connectivity index (χ3v) is 4.64. The Morgan fingerprint density at radius 3 is 2.57 bits per heavy atom. The van der Waals surface area contributed by atoms with E-state index in [0.717, 1.165) is 18.3 Å². The molecule has 0 saturated heterocycles. The molecule has 2 rings (SSSR count). The first kappa shape index (κ1) is 15.7. The molecule has 0 saturated carbocycles. The zero-order chi connectivity index (χ0) is 15.6. The smallest absolute Gasteiger partial charge is 0.337 e. The molecular weight excluding hydrogens is 384 g/mol. The lowest BCUT2D eigenvalue weighted by molar-refractivity contribution is 0.0696. The first-order valence-electron chi connectivity index (χ1n) is 5.47. The van der Waals surface area contributed by atoms with E-state index in [1.54, 1.807) is 12.1 Å². The van der Waals surface area contributed by atoms with Gasteiger partial charge in [-0.1, -0.05) is 11.6 Å². The van der Waals surface area contributed by atoms with E-state index in [-0.39, 0.29) is 16.3 Å². The standard InChI is InChI=1S/C12H8BrClN2O4S/c13-9-3-2-8(14)5-10(9)16-21(19,20)11-4-1-7(6-15-11)12(17)18/h1-6,16H,(H,17,18). The lowest BCUT2D eigenvalue weighted by atomic mass is 10.3. The Morgan fingerprint density at radius 1 is 1.29 bits per heavy atom. The highest BCUT2D eigenvalue weighted by Crippen LogP contribution is 2.27. The fraction of sp³-hybridized carbons (Fsp3) is 0. The van der Waals surface area contributed by atoms with E-state index in [4.69, 9.17) is 16.7 Å². The van der Waals surface area contributed by atoms with Crippen molar-refractivity contribution in [1.29, 1.82) is 0 Å². The number of aromatic nitrogens is 1. The normalized spacial score (nSPS) is 11.1. The van der Waals surface area contributed by atoms with Crippen LogP contribution in [0.2, 0.25) is 5.02 Å². The molecule has 1 heterocycles. The lowest BCUT2D eigenvalue weighted by Gasteiger charge is -2.09. The van der Waals surface area contributed by atoms with E-state index in [1.165, 1.54) is 6.07 Å². The van der Waals surface area contributed by atoms with Crippen molar-refractivity contribution in [3.05, 3.63) is 51.6 Å². The van der Waals surface area contributed by atoms with Crippen LogP contribution in [0.25, 0.3) is 0 Å². The number of halogens is 2. The van der Waals surface area contributed by atoms with E-state index in [9.17, 15) is 13.2 Å². The van der Waals surface area contributed by atoms with Crippen LogP contribution in [0.1, 0.15) is 10.4 Å². The number of anilines is 1. The predicted octanol–water partition coefficient (Wildman–Crippen LogP) is 3.00. The maximum atomic E-state index is 12.2. The summed E-state index contributed by atoms with van der Waals surface area (Å²) in [5.74, 6) is -1.18. The number of hydrogen-bond acceptors (Lipinski definition) is 4. The zero-order valence-electron chi connectivity index (χ0n) is 10.2. The predicted molar refractivity (Wildman–Crippen MR) is 81.2 cm³/mol. The number of sulfonamides is 1. The van der Waals surface area contributed by atoms with Crippen molar-refractivity contribution in [3.63, 3.8) is 0 Å². The second-order valence-corrected chi connectivity index (χ2v) is 6.84. The lowest BCUT2D eigenvalue weighted by Crippen LogP contribution is -2.15. The van der Waals surface area contributed by atoms with Gasteiger partial charge in [0.15, 0.2) is 5.03 Å². The Labute approximate surface area is 134 Å². The van der Waals surface area contributed by atoms with E-state index in [1.807, 2.05) is 0 Å². The molecule has 1 aromatic heterocycles. The Bertz CT molecular complexity index is 793. The fourth-order valence-corrected chi connectivity index (χ4v) is 3.09. The molecule has 0 radical (unpaired) electrons. The van der Waals surface area contributed by atoms with Gasteiger partial charge >= 0.3 is 5.97 Å². The summed E-state index contributed by atoms with van der Waals surface area (Å²) in [6.07, 6.45) is 0.976. The Balaban J connectivity index is 2.34. The summed E-state index contributed by atoms with van der Waals surface area (Å²) < 4.78 is 27.2. The Hall–Kier alpha value is -1.64. The molecule has 0 unspecified atom stereocenters. The summed E-state index contributed by atoms with van der Waals surface area (Å²) in [4.78, 5) is 14.3. The molecule has 6 nitrogen and oxygen atoms in total. The van der Waals surface area contributed by atoms with Gasteiger partial charge in [0.2, 0.25) is 0 Å². The summed E-state index contributed by atoms with van der Waals surface area (Å²) in [5, 5.41) is 8.83. The van der Waals surface area contributed by atoms with Gasteiger partial charge in [-0.15, -0.1) is 0 Å². The van der Waals surface area contributed by atoms with Crippen molar-refractivity contribution in [2.24, 2.45) is 0 Å². The Kier molecular flexibility index (Phi) is 4.50. The summed E-state index contributed by atoms with van der Waals surface area (Å²) in [6, 6.07) is 6.92. The second kappa shape index (κ2) is 6.00. The number of hydrogen-bond donors (Lipinski definition) is 2. The number of benzene rings is 1. The Morgan fingerprint density at radius 2 is 2.00 bits per heavy atom. The third kappa shape index (κ3) is 3.72. The monoisotopic (exact) mass is 390 g/mol. The SMILES string of the molecule is O=C(O)c1ccc(S(=O)(=O)Nc2cc(Cl)ccc2Br)nc1. The molecule has 1 aromatic carbocycles. The summed E-state index contributed by atoms with van der Waals surface area (Å²) in [7, 11) is -3.94. The van der Waals surface area contributed by atoms with Gasteiger partial charge in [-0.25, -0.2) is 9.78 Å². The maximum Gasteiger partial charge on any atom is 0.337 e. The number of carboxylic acids is 1. The molecule has 0 amide bonds. The number of nitrogens with one attached hydrogen (secondary N) is 1. The van der Waals surface area contributed by atoms with Crippen LogP contribution < -0.4 is 4.72 Å². The number of carbonyl (C=O) groups is 1. The molecule has 0 aliphatic heterocycles. The van der Waals surface area contributed by atoms with Crippen LogP contribution in [-0.4, -0.2) is 24.5 Å². The van der Waals surface area contributed by atoms with E-state index < -0.39 is 16.0 Å². The minimum atomic E-state index is -3.94. The van der Waals surface area contributed by atoms with Crippen molar-refractivity contribution in [1.82, 2.24) is 4.98 Å². The second-order valence-electron chi connectivity index (χ2n) is 3.92. The van der Waals surface area contributed by atoms with Gasteiger partial charge in [0, 0.05) is 15.7 Å². The highest BCUT2D eigenvalue weighted by atomic mass is 79.9. The summed E-state index contributed by atoms with van der Waals surface area (Å²) >= 11 is 9.01. The number of aromatic carboxylic acids is 1. The molecule has 2 aromatic rings. The molecule has 9 heteroatoms. The van der Waals surface area contributed by atoms with Crippen molar-refractivity contribution in [2.45, 2.75) is 5.03 Å². The van der Waals surface area contributed by atoms with Crippen molar-refractivity contribution < 1.29 is 18.3 Å². The molecular formula is C12H8BrClN2O4S. The van der Waals surface area contributed by atoms with Crippen molar-refractivity contribution in [3.8, 4) is 0 Å². The van der Waals surface area contributed by atoms with Crippen molar-refractivity contribution >= 4 is 49.2 Å². The molecule has 0 fully saturated rings. The van der Waals surface area contributed by atoms with Gasteiger partial charge in [0.1, 0.15) is 0 Å². The molecule has 0 atom stereocenters. The number of carboxylic acid groups (broad SMARTS) is 1. The van der Waals surface area contributed by atoms with Gasteiger partial charge in [-0.05, 0) is 46.3 Å². The average molecular weight is 392 g/mol. The first-order chi connectivity index (χ1) is 9.79. The average Bonchev–Trinajstić information content (AvgIpc) is 2.43. The third-order valence-electron chi connectivity index (χ3n) is 2.43. The van der Waals surface area contributed by atoms with Crippen LogP contribution in [-0.2, 0) is 10.0 Å². The maximum absolute atomic E-state index is 12.2. The van der Waals surface area contributed by atoms with Crippen molar-refractivity contribution in [2.75, 3.05) is 4.72 Å². The largest absolute Gasteiger partial charge is 0.478 e. The molecule has 0 aliphatic carbocycles. The van der Waals surface area contributed by atoms with Gasteiger partial charge in [-0.2, -0.15) is 8.42 Å². The first-order valence-corrected chi connectivity index (χ1v) is 8.12. The quantitative estimate of drug-likeness (QED) is 0.835.